The van der Waals surface area contributed by atoms with Crippen LogP contribution in [0.4, 0.5) is 0 Å². The molecule has 1 amide bonds. The summed E-state index contributed by atoms with van der Waals surface area (Å²) < 4.78 is 17.0. The molecule has 166 valence electrons. The monoisotopic (exact) mass is 434 g/mol. The molecule has 1 spiro atoms. The highest BCUT2D eigenvalue weighted by molar-refractivity contribution is 5.79. The summed E-state index contributed by atoms with van der Waals surface area (Å²) in [6.07, 6.45) is 5.51. The van der Waals surface area contributed by atoms with Crippen LogP contribution >= 0.6 is 0 Å². The Kier molecular flexibility index (Phi) is 5.61. The van der Waals surface area contributed by atoms with Crippen LogP contribution in [0.2, 0.25) is 0 Å². The molecule has 2 saturated heterocycles. The molecule has 0 bridgehead atoms. The fourth-order valence-electron chi connectivity index (χ4n) is 4.80. The number of likely N-dealkylation sites (tertiary alicyclic amines) is 1. The van der Waals surface area contributed by atoms with Crippen LogP contribution < -0.4 is 4.74 Å². The Morgan fingerprint density at radius 1 is 1.12 bits per heavy atom. The first-order chi connectivity index (χ1) is 15.7. The zero-order chi connectivity index (χ0) is 22.0. The summed E-state index contributed by atoms with van der Waals surface area (Å²) in [5.41, 5.74) is 1.71. The highest BCUT2D eigenvalue weighted by Crippen LogP contribution is 2.49. The molecular weight excluding hydrogens is 408 g/mol. The predicted molar refractivity (Wildman–Crippen MR) is 116 cm³/mol. The maximum absolute atomic E-state index is 13.2. The van der Waals surface area contributed by atoms with E-state index in [0.717, 1.165) is 29.7 Å². The average Bonchev–Trinajstić information content (AvgIpc) is 3.46. The van der Waals surface area contributed by atoms with Gasteiger partial charge in [0.1, 0.15) is 5.75 Å². The Morgan fingerprint density at radius 2 is 1.88 bits per heavy atom. The Morgan fingerprint density at radius 3 is 2.59 bits per heavy atom. The van der Waals surface area contributed by atoms with Crippen LogP contribution in [-0.4, -0.2) is 59.4 Å². The van der Waals surface area contributed by atoms with E-state index in [9.17, 15) is 4.79 Å². The minimum Gasteiger partial charge on any atom is -0.497 e. The van der Waals surface area contributed by atoms with Gasteiger partial charge in [-0.05, 0) is 42.7 Å². The topological polar surface area (TPSA) is 90.6 Å². The van der Waals surface area contributed by atoms with E-state index in [1.165, 1.54) is 0 Å². The van der Waals surface area contributed by atoms with Crippen LogP contribution in [0, 0.1) is 5.41 Å². The standard InChI is InChI=1S/C24H26N4O4/c1-30-19-4-2-17(3-5-19)14-21(29)28-15-20(24(16-28)8-12-31-13-9-24)23-27-26-22(32-23)18-6-10-25-11-7-18/h2-7,10-11,20H,8-9,12-16H2,1H3. The van der Waals surface area contributed by atoms with Crippen molar-refractivity contribution in [3.63, 3.8) is 0 Å². The molecule has 1 atom stereocenters. The van der Waals surface area contributed by atoms with E-state index in [2.05, 4.69) is 15.2 Å². The van der Waals surface area contributed by atoms with Gasteiger partial charge in [-0.15, -0.1) is 10.2 Å². The zero-order valence-electron chi connectivity index (χ0n) is 18.1. The van der Waals surface area contributed by atoms with Gasteiger partial charge in [-0.3, -0.25) is 9.78 Å². The number of rotatable bonds is 5. The van der Waals surface area contributed by atoms with Gasteiger partial charge in [-0.1, -0.05) is 12.1 Å². The Balaban J connectivity index is 1.37. The normalized spacial score (nSPS) is 19.9. The summed E-state index contributed by atoms with van der Waals surface area (Å²) in [5.74, 6) is 1.96. The van der Waals surface area contributed by atoms with Gasteiger partial charge in [-0.2, -0.15) is 0 Å². The third-order valence-corrected chi connectivity index (χ3v) is 6.67. The van der Waals surface area contributed by atoms with Gasteiger partial charge >= 0.3 is 0 Å². The largest absolute Gasteiger partial charge is 0.497 e. The molecule has 1 unspecified atom stereocenters. The second-order valence-corrected chi connectivity index (χ2v) is 8.51. The summed E-state index contributed by atoms with van der Waals surface area (Å²) >= 11 is 0. The van der Waals surface area contributed by atoms with Gasteiger partial charge in [0.05, 0.1) is 19.4 Å². The van der Waals surface area contributed by atoms with Gasteiger partial charge in [-0.25, -0.2) is 0 Å². The lowest BCUT2D eigenvalue weighted by Gasteiger charge is -2.36. The van der Waals surface area contributed by atoms with Gasteiger partial charge in [0.25, 0.3) is 0 Å². The molecule has 4 heterocycles. The van der Waals surface area contributed by atoms with Crippen molar-refractivity contribution in [3.8, 4) is 17.2 Å². The molecule has 8 heteroatoms. The highest BCUT2D eigenvalue weighted by atomic mass is 16.5. The first-order valence-corrected chi connectivity index (χ1v) is 10.9. The molecule has 2 aliphatic heterocycles. The van der Waals surface area contributed by atoms with Crippen LogP contribution in [-0.2, 0) is 16.0 Å². The molecule has 0 N–H and O–H groups in total. The van der Waals surface area contributed by atoms with E-state index >= 15 is 0 Å². The third kappa shape index (κ3) is 3.98. The van der Waals surface area contributed by atoms with Crippen LogP contribution in [0.15, 0.2) is 53.2 Å². The number of methoxy groups -OCH3 is 1. The fraction of sp³-hybridized carbons (Fsp3) is 0.417. The Hall–Kier alpha value is -3.26. The number of pyridine rings is 1. The van der Waals surface area contributed by atoms with E-state index in [1.54, 1.807) is 19.5 Å². The molecule has 0 radical (unpaired) electrons. The van der Waals surface area contributed by atoms with E-state index in [-0.39, 0.29) is 17.2 Å². The maximum atomic E-state index is 13.2. The van der Waals surface area contributed by atoms with E-state index in [0.29, 0.717) is 44.5 Å². The molecule has 32 heavy (non-hydrogen) atoms. The van der Waals surface area contributed by atoms with Crippen molar-refractivity contribution < 1.29 is 18.7 Å². The number of hydrogen-bond acceptors (Lipinski definition) is 7. The average molecular weight is 434 g/mol. The summed E-state index contributed by atoms with van der Waals surface area (Å²) in [6.45, 7) is 2.63. The zero-order valence-corrected chi connectivity index (χ0v) is 18.1. The summed E-state index contributed by atoms with van der Waals surface area (Å²) in [5, 5.41) is 8.66. The van der Waals surface area contributed by atoms with E-state index in [4.69, 9.17) is 13.9 Å². The van der Waals surface area contributed by atoms with Crippen LogP contribution in [0.1, 0.15) is 30.2 Å². The molecule has 5 rings (SSSR count). The fourth-order valence-corrected chi connectivity index (χ4v) is 4.80. The number of aromatic nitrogens is 3. The van der Waals surface area contributed by atoms with Crippen molar-refractivity contribution in [3.05, 3.63) is 60.2 Å². The quantitative estimate of drug-likeness (QED) is 0.609. The number of carbonyl (C=O) groups excluding carboxylic acids is 1. The number of carbonyl (C=O) groups is 1. The lowest BCUT2D eigenvalue weighted by Crippen LogP contribution is -2.37. The molecular formula is C24H26N4O4. The second-order valence-electron chi connectivity index (χ2n) is 8.51. The molecule has 0 saturated carbocycles. The van der Waals surface area contributed by atoms with Crippen molar-refractivity contribution in [1.29, 1.82) is 0 Å². The first kappa shape index (κ1) is 20.6. The third-order valence-electron chi connectivity index (χ3n) is 6.67. The van der Waals surface area contributed by atoms with Crippen molar-refractivity contribution in [2.45, 2.75) is 25.2 Å². The van der Waals surface area contributed by atoms with E-state index in [1.807, 2.05) is 41.3 Å². The summed E-state index contributed by atoms with van der Waals surface area (Å²) in [6, 6.07) is 11.3. The molecule has 3 aromatic rings. The van der Waals surface area contributed by atoms with Crippen molar-refractivity contribution in [1.82, 2.24) is 20.1 Å². The lowest BCUT2D eigenvalue weighted by molar-refractivity contribution is -0.130. The van der Waals surface area contributed by atoms with Crippen LogP contribution in [0.5, 0.6) is 5.75 Å². The van der Waals surface area contributed by atoms with Crippen molar-refractivity contribution in [2.75, 3.05) is 33.4 Å². The van der Waals surface area contributed by atoms with E-state index < -0.39 is 0 Å². The minimum absolute atomic E-state index is 0.00527. The van der Waals surface area contributed by atoms with Gasteiger partial charge < -0.3 is 18.8 Å². The molecule has 1 aromatic carbocycles. The predicted octanol–water partition coefficient (Wildman–Crippen LogP) is 3.11. The maximum Gasteiger partial charge on any atom is 0.247 e. The molecule has 2 aliphatic rings. The number of hydrogen-bond donors (Lipinski definition) is 0. The highest BCUT2D eigenvalue weighted by Gasteiger charge is 2.51. The summed E-state index contributed by atoms with van der Waals surface area (Å²) in [7, 11) is 1.63. The minimum atomic E-state index is -0.101. The number of amides is 1. The summed E-state index contributed by atoms with van der Waals surface area (Å²) in [4.78, 5) is 19.2. The van der Waals surface area contributed by atoms with Gasteiger partial charge in [0, 0.05) is 49.7 Å². The number of ether oxygens (including phenoxy) is 2. The molecule has 2 fully saturated rings. The van der Waals surface area contributed by atoms with Gasteiger partial charge in [0.2, 0.25) is 17.7 Å². The van der Waals surface area contributed by atoms with Crippen molar-refractivity contribution >= 4 is 5.91 Å². The Labute approximate surface area is 186 Å². The lowest BCUT2D eigenvalue weighted by atomic mass is 9.72. The molecule has 2 aromatic heterocycles. The van der Waals surface area contributed by atoms with Gasteiger partial charge in [0.15, 0.2) is 0 Å². The van der Waals surface area contributed by atoms with Crippen LogP contribution in [0.3, 0.4) is 0 Å². The first-order valence-electron chi connectivity index (χ1n) is 10.9. The molecule has 8 nitrogen and oxygen atoms in total. The SMILES string of the molecule is COc1ccc(CC(=O)N2CC(c3nnc(-c4ccncc4)o3)C3(CCOCC3)C2)cc1. The molecule has 0 aliphatic carbocycles. The Bertz CT molecular complexity index is 1060. The van der Waals surface area contributed by atoms with Crippen molar-refractivity contribution in [2.24, 2.45) is 5.41 Å². The number of nitrogens with zero attached hydrogens (tertiary/aromatic N) is 4. The van der Waals surface area contributed by atoms with Crippen LogP contribution in [0.25, 0.3) is 11.5 Å². The number of benzene rings is 1. The smallest absolute Gasteiger partial charge is 0.247 e. The second kappa shape index (κ2) is 8.70.